The predicted molar refractivity (Wildman–Crippen MR) is 104 cm³/mol. The maximum atomic E-state index is 11.2. The van der Waals surface area contributed by atoms with Gasteiger partial charge in [-0.25, -0.2) is 0 Å². The maximum absolute atomic E-state index is 11.2. The van der Waals surface area contributed by atoms with Crippen LogP contribution in [-0.2, 0) is 4.79 Å². The zero-order chi connectivity index (χ0) is 17.8. The Labute approximate surface area is 160 Å². The van der Waals surface area contributed by atoms with E-state index in [9.17, 15) is 4.79 Å². The summed E-state index contributed by atoms with van der Waals surface area (Å²) in [5.74, 6) is 0.756. The molecule has 0 spiro atoms. The Morgan fingerprint density at radius 3 is 2.32 bits per heavy atom. The molecule has 0 unspecified atom stereocenters. The van der Waals surface area contributed by atoms with Crippen LogP contribution >= 0.6 is 23.2 Å². The lowest BCUT2D eigenvalue weighted by atomic mass is 9.80. The second-order valence-electron chi connectivity index (χ2n) is 7.34. The van der Waals surface area contributed by atoms with E-state index >= 15 is 0 Å². The fourth-order valence-electron chi connectivity index (χ4n) is 4.01. The molecule has 1 amide bonds. The zero-order valence-electron chi connectivity index (χ0n) is 14.6. The molecule has 1 heterocycles. The SMILES string of the molecule is NC(=O)C1CCC(CCN2CCN(c3ccc(Cl)c(Cl)c3)CC2)CC1. The van der Waals surface area contributed by atoms with Gasteiger partial charge in [0.2, 0.25) is 5.91 Å². The number of benzene rings is 1. The summed E-state index contributed by atoms with van der Waals surface area (Å²) in [5, 5.41) is 1.23. The molecule has 0 radical (unpaired) electrons. The summed E-state index contributed by atoms with van der Waals surface area (Å²) in [5.41, 5.74) is 6.57. The van der Waals surface area contributed by atoms with E-state index in [2.05, 4.69) is 9.80 Å². The van der Waals surface area contributed by atoms with Crippen molar-refractivity contribution in [1.29, 1.82) is 0 Å². The van der Waals surface area contributed by atoms with Gasteiger partial charge in [-0.15, -0.1) is 0 Å². The van der Waals surface area contributed by atoms with Crippen molar-refractivity contribution in [3.8, 4) is 0 Å². The van der Waals surface area contributed by atoms with E-state index in [4.69, 9.17) is 28.9 Å². The molecule has 1 aliphatic heterocycles. The zero-order valence-corrected chi connectivity index (χ0v) is 16.1. The molecule has 0 aromatic heterocycles. The Hall–Kier alpha value is -0.970. The lowest BCUT2D eigenvalue weighted by molar-refractivity contribution is -0.122. The Bertz CT molecular complexity index is 594. The van der Waals surface area contributed by atoms with Gasteiger partial charge in [0, 0.05) is 37.8 Å². The number of rotatable bonds is 5. The van der Waals surface area contributed by atoms with E-state index in [1.54, 1.807) is 0 Å². The van der Waals surface area contributed by atoms with Crippen molar-refractivity contribution in [3.05, 3.63) is 28.2 Å². The number of hydrogen-bond donors (Lipinski definition) is 1. The van der Waals surface area contributed by atoms with Crippen molar-refractivity contribution in [3.63, 3.8) is 0 Å². The smallest absolute Gasteiger partial charge is 0.220 e. The summed E-state index contributed by atoms with van der Waals surface area (Å²) >= 11 is 12.1. The molecule has 0 bridgehead atoms. The number of amides is 1. The molecule has 138 valence electrons. The van der Waals surface area contributed by atoms with Crippen LogP contribution in [-0.4, -0.2) is 43.5 Å². The third-order valence-electron chi connectivity index (χ3n) is 5.74. The van der Waals surface area contributed by atoms with Crippen molar-refractivity contribution in [2.75, 3.05) is 37.6 Å². The van der Waals surface area contributed by atoms with Crippen LogP contribution in [0.1, 0.15) is 32.1 Å². The van der Waals surface area contributed by atoms with Gasteiger partial charge < -0.3 is 10.6 Å². The summed E-state index contributed by atoms with van der Waals surface area (Å²) in [4.78, 5) is 16.2. The van der Waals surface area contributed by atoms with Gasteiger partial charge in [-0.3, -0.25) is 9.69 Å². The van der Waals surface area contributed by atoms with Gasteiger partial charge in [0.25, 0.3) is 0 Å². The first kappa shape index (κ1) is 18.8. The molecule has 1 aromatic carbocycles. The molecule has 2 aliphatic rings. The van der Waals surface area contributed by atoms with E-state index in [1.165, 1.54) is 6.42 Å². The summed E-state index contributed by atoms with van der Waals surface area (Å²) in [7, 11) is 0. The Balaban J connectivity index is 1.39. The molecular formula is C19H27Cl2N3O. The van der Waals surface area contributed by atoms with Crippen LogP contribution in [0.3, 0.4) is 0 Å². The average Bonchev–Trinajstić information content (AvgIpc) is 2.63. The summed E-state index contributed by atoms with van der Waals surface area (Å²) in [6.45, 7) is 5.35. The largest absolute Gasteiger partial charge is 0.369 e. The van der Waals surface area contributed by atoms with Crippen LogP contribution in [0.5, 0.6) is 0 Å². The summed E-state index contributed by atoms with van der Waals surface area (Å²) in [6.07, 6.45) is 5.49. The predicted octanol–water partition coefficient (Wildman–Crippen LogP) is 3.80. The van der Waals surface area contributed by atoms with Gasteiger partial charge >= 0.3 is 0 Å². The van der Waals surface area contributed by atoms with Crippen molar-refractivity contribution in [1.82, 2.24) is 4.90 Å². The molecule has 1 saturated carbocycles. The molecule has 1 saturated heterocycles. The molecule has 1 aliphatic carbocycles. The van der Waals surface area contributed by atoms with Gasteiger partial charge in [0.15, 0.2) is 0 Å². The lowest BCUT2D eigenvalue weighted by Gasteiger charge is -2.37. The standard InChI is InChI=1S/C19H27Cl2N3O/c20-17-6-5-16(13-18(17)21)24-11-9-23(10-12-24)8-7-14-1-3-15(4-2-14)19(22)25/h5-6,13-15H,1-4,7-12H2,(H2,22,25). The molecule has 0 atom stereocenters. The van der Waals surface area contributed by atoms with E-state index in [0.29, 0.717) is 10.0 Å². The van der Waals surface area contributed by atoms with Gasteiger partial charge in [0.05, 0.1) is 10.0 Å². The number of nitrogens with two attached hydrogens (primary N) is 1. The molecule has 2 N–H and O–H groups in total. The molecular weight excluding hydrogens is 357 g/mol. The first-order chi connectivity index (χ1) is 12.0. The molecule has 25 heavy (non-hydrogen) atoms. The minimum Gasteiger partial charge on any atom is -0.369 e. The van der Waals surface area contributed by atoms with E-state index in [0.717, 1.165) is 70.0 Å². The van der Waals surface area contributed by atoms with E-state index < -0.39 is 0 Å². The van der Waals surface area contributed by atoms with Gasteiger partial charge in [-0.05, 0) is 62.8 Å². The second-order valence-corrected chi connectivity index (χ2v) is 8.15. The number of halogens is 2. The molecule has 6 heteroatoms. The normalized spacial score (nSPS) is 25.1. The van der Waals surface area contributed by atoms with Crippen LogP contribution in [0.2, 0.25) is 10.0 Å². The lowest BCUT2D eigenvalue weighted by Crippen LogP contribution is -2.47. The number of carbonyl (C=O) groups excluding carboxylic acids is 1. The highest BCUT2D eigenvalue weighted by Crippen LogP contribution is 2.31. The Kier molecular flexibility index (Phi) is 6.48. The highest BCUT2D eigenvalue weighted by atomic mass is 35.5. The number of primary amides is 1. The molecule has 4 nitrogen and oxygen atoms in total. The molecule has 3 rings (SSSR count). The highest BCUT2D eigenvalue weighted by molar-refractivity contribution is 6.42. The maximum Gasteiger partial charge on any atom is 0.220 e. The Morgan fingerprint density at radius 1 is 1.04 bits per heavy atom. The Morgan fingerprint density at radius 2 is 1.72 bits per heavy atom. The molecule has 1 aromatic rings. The van der Waals surface area contributed by atoms with Crippen LogP contribution in [0, 0.1) is 11.8 Å². The minimum atomic E-state index is -0.114. The summed E-state index contributed by atoms with van der Waals surface area (Å²) in [6, 6.07) is 5.87. The van der Waals surface area contributed by atoms with Crippen LogP contribution in [0.15, 0.2) is 18.2 Å². The first-order valence-corrected chi connectivity index (χ1v) is 10.00. The van der Waals surface area contributed by atoms with Gasteiger partial charge in [-0.2, -0.15) is 0 Å². The number of anilines is 1. The topological polar surface area (TPSA) is 49.6 Å². The van der Waals surface area contributed by atoms with Gasteiger partial charge in [-0.1, -0.05) is 23.2 Å². The molecule has 2 fully saturated rings. The number of carbonyl (C=O) groups is 1. The second kappa shape index (κ2) is 8.61. The van der Waals surface area contributed by atoms with E-state index in [1.807, 2.05) is 18.2 Å². The van der Waals surface area contributed by atoms with Crippen molar-refractivity contribution in [2.45, 2.75) is 32.1 Å². The fourth-order valence-corrected chi connectivity index (χ4v) is 4.30. The average molecular weight is 384 g/mol. The van der Waals surface area contributed by atoms with E-state index in [-0.39, 0.29) is 11.8 Å². The van der Waals surface area contributed by atoms with Crippen LogP contribution in [0.4, 0.5) is 5.69 Å². The fraction of sp³-hybridized carbons (Fsp3) is 0.632. The van der Waals surface area contributed by atoms with Gasteiger partial charge in [0.1, 0.15) is 0 Å². The van der Waals surface area contributed by atoms with Crippen LogP contribution in [0.25, 0.3) is 0 Å². The minimum absolute atomic E-state index is 0.114. The number of piperazine rings is 1. The van der Waals surface area contributed by atoms with Crippen molar-refractivity contribution in [2.24, 2.45) is 17.6 Å². The number of hydrogen-bond acceptors (Lipinski definition) is 3. The monoisotopic (exact) mass is 383 g/mol. The summed E-state index contributed by atoms with van der Waals surface area (Å²) < 4.78 is 0. The van der Waals surface area contributed by atoms with Crippen molar-refractivity contribution < 1.29 is 4.79 Å². The quantitative estimate of drug-likeness (QED) is 0.840. The highest BCUT2D eigenvalue weighted by Gasteiger charge is 2.25. The third-order valence-corrected chi connectivity index (χ3v) is 6.48. The third kappa shape index (κ3) is 5.02. The van der Waals surface area contributed by atoms with Crippen LogP contribution < -0.4 is 10.6 Å². The number of nitrogens with zero attached hydrogens (tertiary/aromatic N) is 2. The first-order valence-electron chi connectivity index (χ1n) is 9.24. The van der Waals surface area contributed by atoms with Crippen molar-refractivity contribution >= 4 is 34.8 Å².